The molecular formula is C19H15F2N3. The highest BCUT2D eigenvalue weighted by molar-refractivity contribution is 5.90. The summed E-state index contributed by atoms with van der Waals surface area (Å²) in [6, 6.07) is 10.9. The van der Waals surface area contributed by atoms with Gasteiger partial charge in [0.2, 0.25) is 0 Å². The summed E-state index contributed by atoms with van der Waals surface area (Å²) in [5.41, 5.74) is 10.5. The van der Waals surface area contributed by atoms with Crippen molar-refractivity contribution in [3.63, 3.8) is 0 Å². The Kier molecular flexibility index (Phi) is 4.08. The minimum absolute atomic E-state index is 0.483. The zero-order chi connectivity index (χ0) is 17.3. The van der Waals surface area contributed by atoms with E-state index in [1.165, 1.54) is 12.3 Å². The molecule has 0 atom stereocenters. The van der Waals surface area contributed by atoms with Gasteiger partial charge in [-0.25, -0.2) is 8.78 Å². The number of nitrogens with two attached hydrogens (primary N) is 1. The standard InChI is InChI=1S/C19H15F2N3/c1-11-6-15(12-3-5-18(23)14(7-12)9-22)19(24-10-11)13-2-4-16(20)17(21)8-13/h2-10,22H,23H2,1H3. The summed E-state index contributed by atoms with van der Waals surface area (Å²) >= 11 is 0. The van der Waals surface area contributed by atoms with E-state index in [9.17, 15) is 8.78 Å². The average Bonchev–Trinajstić information content (AvgIpc) is 2.58. The normalized spacial score (nSPS) is 10.6. The van der Waals surface area contributed by atoms with Crippen LogP contribution in [-0.4, -0.2) is 11.2 Å². The molecule has 3 nitrogen and oxygen atoms in total. The Hall–Kier alpha value is -3.08. The van der Waals surface area contributed by atoms with Crippen LogP contribution in [0.1, 0.15) is 11.1 Å². The largest absolute Gasteiger partial charge is 0.398 e. The van der Waals surface area contributed by atoms with Gasteiger partial charge in [0.05, 0.1) is 5.69 Å². The Labute approximate surface area is 138 Å². The average molecular weight is 323 g/mol. The van der Waals surface area contributed by atoms with E-state index in [4.69, 9.17) is 11.1 Å². The smallest absolute Gasteiger partial charge is 0.159 e. The highest BCUT2D eigenvalue weighted by Gasteiger charge is 2.13. The lowest BCUT2D eigenvalue weighted by Crippen LogP contribution is -1.96. The molecule has 0 saturated carbocycles. The van der Waals surface area contributed by atoms with E-state index in [1.807, 2.05) is 19.1 Å². The molecule has 5 heteroatoms. The molecule has 3 aromatic rings. The van der Waals surface area contributed by atoms with Gasteiger partial charge in [-0.15, -0.1) is 0 Å². The van der Waals surface area contributed by atoms with Crippen molar-refractivity contribution in [1.82, 2.24) is 4.98 Å². The molecule has 0 aliphatic carbocycles. The lowest BCUT2D eigenvalue weighted by Gasteiger charge is -2.12. The van der Waals surface area contributed by atoms with Gasteiger partial charge in [-0.05, 0) is 54.4 Å². The van der Waals surface area contributed by atoms with Crippen LogP contribution >= 0.6 is 0 Å². The molecule has 0 fully saturated rings. The number of nitrogens with zero attached hydrogens (tertiary/aromatic N) is 1. The van der Waals surface area contributed by atoms with E-state index in [2.05, 4.69) is 4.98 Å². The summed E-state index contributed by atoms with van der Waals surface area (Å²) in [5, 5.41) is 7.44. The molecule has 0 aliphatic heterocycles. The molecule has 0 radical (unpaired) electrons. The van der Waals surface area contributed by atoms with E-state index in [1.54, 1.807) is 18.3 Å². The summed E-state index contributed by atoms with van der Waals surface area (Å²) < 4.78 is 26.8. The maximum Gasteiger partial charge on any atom is 0.159 e. The Morgan fingerprint density at radius 1 is 1.00 bits per heavy atom. The maximum atomic E-state index is 13.6. The third-order valence-corrected chi connectivity index (χ3v) is 3.77. The first kappa shape index (κ1) is 15.8. The summed E-state index contributed by atoms with van der Waals surface area (Å²) in [6.07, 6.45) is 2.86. The molecule has 24 heavy (non-hydrogen) atoms. The number of benzene rings is 2. The molecule has 120 valence electrons. The fraction of sp³-hybridized carbons (Fsp3) is 0.0526. The third kappa shape index (κ3) is 2.88. The van der Waals surface area contributed by atoms with E-state index in [-0.39, 0.29) is 0 Å². The van der Waals surface area contributed by atoms with Gasteiger partial charge in [0.25, 0.3) is 0 Å². The van der Waals surface area contributed by atoms with Crippen LogP contribution in [0.3, 0.4) is 0 Å². The molecule has 3 N–H and O–H groups in total. The summed E-state index contributed by atoms with van der Waals surface area (Å²) in [6.45, 7) is 1.90. The fourth-order valence-corrected chi connectivity index (χ4v) is 2.53. The first-order valence-electron chi connectivity index (χ1n) is 7.32. The molecule has 0 saturated heterocycles. The van der Waals surface area contributed by atoms with Crippen molar-refractivity contribution in [2.24, 2.45) is 0 Å². The molecular weight excluding hydrogens is 308 g/mol. The molecule has 1 heterocycles. The molecule has 3 rings (SSSR count). The highest BCUT2D eigenvalue weighted by atomic mass is 19.2. The van der Waals surface area contributed by atoms with E-state index in [0.29, 0.717) is 22.5 Å². The van der Waals surface area contributed by atoms with Gasteiger partial charge >= 0.3 is 0 Å². The van der Waals surface area contributed by atoms with Gasteiger partial charge in [-0.3, -0.25) is 4.98 Å². The first-order valence-corrected chi connectivity index (χ1v) is 7.32. The topological polar surface area (TPSA) is 62.8 Å². The number of nitrogen functional groups attached to an aromatic ring is 1. The van der Waals surface area contributed by atoms with Crippen molar-refractivity contribution < 1.29 is 8.78 Å². The number of aromatic nitrogens is 1. The Balaban J connectivity index is 2.22. The lowest BCUT2D eigenvalue weighted by molar-refractivity contribution is 0.509. The highest BCUT2D eigenvalue weighted by Crippen LogP contribution is 2.33. The Morgan fingerprint density at radius 2 is 1.75 bits per heavy atom. The number of pyridine rings is 1. The number of hydrogen-bond donors (Lipinski definition) is 2. The van der Waals surface area contributed by atoms with Gasteiger partial charge in [-0.1, -0.05) is 6.07 Å². The van der Waals surface area contributed by atoms with Crippen molar-refractivity contribution in [3.05, 3.63) is 71.4 Å². The van der Waals surface area contributed by atoms with E-state index >= 15 is 0 Å². The van der Waals surface area contributed by atoms with Crippen LogP contribution in [-0.2, 0) is 0 Å². The number of hydrogen-bond acceptors (Lipinski definition) is 3. The zero-order valence-corrected chi connectivity index (χ0v) is 13.0. The van der Waals surface area contributed by atoms with Crippen LogP contribution in [0.2, 0.25) is 0 Å². The molecule has 0 bridgehead atoms. The van der Waals surface area contributed by atoms with Crippen molar-refractivity contribution in [3.8, 4) is 22.4 Å². The molecule has 0 spiro atoms. The minimum Gasteiger partial charge on any atom is -0.398 e. The number of rotatable bonds is 3. The Bertz CT molecular complexity index is 936. The van der Waals surface area contributed by atoms with Crippen LogP contribution in [0.4, 0.5) is 14.5 Å². The van der Waals surface area contributed by atoms with Gasteiger partial charge in [-0.2, -0.15) is 0 Å². The van der Waals surface area contributed by atoms with Gasteiger partial charge < -0.3 is 11.1 Å². The second kappa shape index (κ2) is 6.20. The van der Waals surface area contributed by atoms with E-state index in [0.717, 1.165) is 28.8 Å². The maximum absolute atomic E-state index is 13.6. The molecule has 0 amide bonds. The minimum atomic E-state index is -0.918. The van der Waals surface area contributed by atoms with Crippen LogP contribution in [0.5, 0.6) is 0 Å². The summed E-state index contributed by atoms with van der Waals surface area (Å²) in [4.78, 5) is 4.40. The Morgan fingerprint density at radius 3 is 2.46 bits per heavy atom. The molecule has 0 aliphatic rings. The van der Waals surface area contributed by atoms with Crippen LogP contribution in [0.25, 0.3) is 22.4 Å². The molecule has 2 aromatic carbocycles. The number of halogens is 2. The molecule has 0 unspecified atom stereocenters. The van der Waals surface area contributed by atoms with Gasteiger partial charge in [0.15, 0.2) is 11.6 Å². The van der Waals surface area contributed by atoms with Crippen molar-refractivity contribution in [1.29, 1.82) is 5.41 Å². The third-order valence-electron chi connectivity index (χ3n) is 3.77. The van der Waals surface area contributed by atoms with Crippen LogP contribution in [0.15, 0.2) is 48.7 Å². The van der Waals surface area contributed by atoms with Crippen LogP contribution in [0, 0.1) is 24.0 Å². The number of anilines is 1. The fourth-order valence-electron chi connectivity index (χ4n) is 2.53. The second-order valence-corrected chi connectivity index (χ2v) is 5.53. The van der Waals surface area contributed by atoms with Crippen molar-refractivity contribution >= 4 is 11.9 Å². The van der Waals surface area contributed by atoms with Gasteiger partial charge in [0.1, 0.15) is 0 Å². The number of aryl methyl sites for hydroxylation is 1. The first-order chi connectivity index (χ1) is 11.5. The summed E-state index contributed by atoms with van der Waals surface area (Å²) in [7, 11) is 0. The quantitative estimate of drug-likeness (QED) is 0.547. The van der Waals surface area contributed by atoms with Crippen LogP contribution < -0.4 is 5.73 Å². The summed E-state index contributed by atoms with van der Waals surface area (Å²) in [5.74, 6) is -1.82. The van der Waals surface area contributed by atoms with Gasteiger partial charge in [0, 0.05) is 34.8 Å². The van der Waals surface area contributed by atoms with E-state index < -0.39 is 11.6 Å². The zero-order valence-electron chi connectivity index (χ0n) is 13.0. The molecule has 1 aromatic heterocycles. The predicted molar refractivity (Wildman–Crippen MR) is 92.1 cm³/mol. The van der Waals surface area contributed by atoms with Crippen molar-refractivity contribution in [2.45, 2.75) is 6.92 Å². The predicted octanol–water partition coefficient (Wildman–Crippen LogP) is 4.58. The van der Waals surface area contributed by atoms with Crippen molar-refractivity contribution in [2.75, 3.05) is 5.73 Å². The monoisotopic (exact) mass is 323 g/mol. The number of nitrogens with one attached hydrogen (secondary N) is 1. The second-order valence-electron chi connectivity index (χ2n) is 5.53. The lowest BCUT2D eigenvalue weighted by atomic mass is 9.96. The SMILES string of the molecule is Cc1cnc(-c2ccc(F)c(F)c2)c(-c2ccc(N)c(C=N)c2)c1.